The summed E-state index contributed by atoms with van der Waals surface area (Å²) in [6.45, 7) is 5.51. The first-order valence-electron chi connectivity index (χ1n) is 9.13. The third kappa shape index (κ3) is 4.77. The van der Waals surface area contributed by atoms with Crippen molar-refractivity contribution in [1.82, 2.24) is 20.5 Å². The molecule has 1 fully saturated rings. The van der Waals surface area contributed by atoms with Gasteiger partial charge < -0.3 is 10.6 Å². The van der Waals surface area contributed by atoms with Crippen LogP contribution in [0.2, 0.25) is 0 Å². The number of thiazole rings is 1. The zero-order valence-corrected chi connectivity index (χ0v) is 17.8. The molecule has 1 aliphatic heterocycles. The predicted molar refractivity (Wildman–Crippen MR) is 109 cm³/mol. The van der Waals surface area contributed by atoms with Gasteiger partial charge in [0.2, 0.25) is 5.91 Å². The molecule has 4 amide bonds. The quantitative estimate of drug-likeness (QED) is 0.642. The molecule has 0 aliphatic carbocycles. The van der Waals surface area contributed by atoms with Gasteiger partial charge in [-0.2, -0.15) is 11.3 Å². The fourth-order valence-electron chi connectivity index (χ4n) is 3.06. The lowest BCUT2D eigenvalue weighted by Crippen LogP contribution is -2.40. The van der Waals surface area contributed by atoms with Crippen molar-refractivity contribution in [2.24, 2.45) is 0 Å². The van der Waals surface area contributed by atoms with E-state index in [1.807, 2.05) is 23.8 Å². The second kappa shape index (κ2) is 8.40. The van der Waals surface area contributed by atoms with E-state index >= 15 is 0 Å². The van der Waals surface area contributed by atoms with Crippen LogP contribution in [0, 0.1) is 6.92 Å². The van der Waals surface area contributed by atoms with Crippen molar-refractivity contribution in [2.45, 2.75) is 51.6 Å². The highest BCUT2D eigenvalue weighted by atomic mass is 32.1. The Balaban J connectivity index is 1.55. The number of imide groups is 1. The number of aromatic nitrogens is 1. The van der Waals surface area contributed by atoms with Gasteiger partial charge in [0.1, 0.15) is 10.5 Å². The van der Waals surface area contributed by atoms with Crippen molar-refractivity contribution in [3.8, 4) is 0 Å². The summed E-state index contributed by atoms with van der Waals surface area (Å²) in [7, 11) is 0. The number of nitrogens with zero attached hydrogens (tertiary/aromatic N) is 2. The van der Waals surface area contributed by atoms with Gasteiger partial charge in [-0.25, -0.2) is 9.78 Å². The normalized spacial score (nSPS) is 16.9. The first-order chi connectivity index (χ1) is 13.3. The Morgan fingerprint density at radius 3 is 2.71 bits per heavy atom. The Kier molecular flexibility index (Phi) is 6.14. The lowest BCUT2D eigenvalue weighted by atomic mass is 10.1. The van der Waals surface area contributed by atoms with Crippen LogP contribution in [0.15, 0.2) is 22.2 Å². The third-order valence-electron chi connectivity index (χ3n) is 4.52. The monoisotopic (exact) mass is 420 g/mol. The van der Waals surface area contributed by atoms with Gasteiger partial charge in [-0.05, 0) is 49.6 Å². The first kappa shape index (κ1) is 20.5. The molecular weight excluding hydrogens is 396 g/mol. The summed E-state index contributed by atoms with van der Waals surface area (Å²) in [5, 5.41) is 12.6. The molecule has 2 N–H and O–H groups in total. The molecule has 1 aliphatic rings. The highest BCUT2D eigenvalue weighted by molar-refractivity contribution is 7.09. The van der Waals surface area contributed by atoms with Crippen LogP contribution in [0.25, 0.3) is 0 Å². The number of nitrogens with one attached hydrogen (secondary N) is 2. The van der Waals surface area contributed by atoms with Gasteiger partial charge in [-0.3, -0.25) is 14.5 Å². The molecule has 7 nitrogen and oxygen atoms in total. The molecule has 150 valence electrons. The largest absolute Gasteiger partial charge is 0.347 e. The number of aryl methyl sites for hydroxylation is 1. The van der Waals surface area contributed by atoms with Gasteiger partial charge in [0.05, 0.1) is 6.04 Å². The van der Waals surface area contributed by atoms with Crippen LogP contribution < -0.4 is 10.6 Å². The van der Waals surface area contributed by atoms with Gasteiger partial charge in [0.25, 0.3) is 5.91 Å². The number of hydrogen-bond donors (Lipinski definition) is 2. The summed E-state index contributed by atoms with van der Waals surface area (Å²) in [6, 6.07) is 1.46. The summed E-state index contributed by atoms with van der Waals surface area (Å²) in [6.07, 6.45) is 1.34. The van der Waals surface area contributed by atoms with E-state index in [9.17, 15) is 14.4 Å². The molecule has 1 atom stereocenters. The smallest absolute Gasteiger partial charge is 0.325 e. The predicted octanol–water partition coefficient (Wildman–Crippen LogP) is 3.02. The van der Waals surface area contributed by atoms with Crippen LogP contribution >= 0.6 is 22.7 Å². The average Bonchev–Trinajstić information content (AvgIpc) is 3.32. The minimum atomic E-state index is -0.881. The molecule has 0 aromatic carbocycles. The molecule has 1 unspecified atom stereocenters. The van der Waals surface area contributed by atoms with Crippen LogP contribution in [0.4, 0.5) is 4.79 Å². The van der Waals surface area contributed by atoms with Crippen molar-refractivity contribution in [3.05, 3.63) is 38.5 Å². The van der Waals surface area contributed by atoms with Crippen molar-refractivity contribution in [2.75, 3.05) is 6.54 Å². The number of hydrogen-bond acceptors (Lipinski definition) is 6. The average molecular weight is 421 g/mol. The zero-order valence-electron chi connectivity index (χ0n) is 16.2. The van der Waals surface area contributed by atoms with Gasteiger partial charge in [-0.15, -0.1) is 11.3 Å². The van der Waals surface area contributed by atoms with E-state index in [1.54, 1.807) is 25.2 Å². The Hall–Kier alpha value is -2.26. The standard InChI is InChI=1S/C19H24N4O3S2/c1-12-10-28-16(20-12)14(9-13-6-8-27-11-13)21-15(24)5-4-7-23-17(25)19(2,3)22-18(23)26/h6,8,10-11,14H,4-5,7,9H2,1-3H3,(H,21,24)(H,22,26). The molecule has 0 bridgehead atoms. The minimum absolute atomic E-state index is 0.112. The van der Waals surface area contributed by atoms with Crippen molar-refractivity contribution >= 4 is 40.5 Å². The van der Waals surface area contributed by atoms with E-state index in [0.29, 0.717) is 12.8 Å². The molecule has 1 saturated heterocycles. The Morgan fingerprint density at radius 1 is 1.36 bits per heavy atom. The molecule has 3 heterocycles. The number of carbonyl (C=O) groups excluding carboxylic acids is 3. The number of thiophene rings is 1. The number of amides is 4. The summed E-state index contributed by atoms with van der Waals surface area (Å²) in [4.78, 5) is 42.3. The third-order valence-corrected chi connectivity index (χ3v) is 6.33. The molecule has 2 aromatic heterocycles. The number of carbonyl (C=O) groups is 3. The number of urea groups is 1. The van der Waals surface area contributed by atoms with E-state index in [2.05, 4.69) is 21.0 Å². The maximum absolute atomic E-state index is 12.5. The molecule has 2 aromatic rings. The second-order valence-corrected chi connectivity index (χ2v) is 9.07. The molecule has 0 saturated carbocycles. The van der Waals surface area contributed by atoms with Crippen LogP contribution in [0.1, 0.15) is 49.0 Å². The summed E-state index contributed by atoms with van der Waals surface area (Å²) in [5.74, 6) is -0.370. The van der Waals surface area contributed by atoms with Crippen LogP contribution in [-0.4, -0.2) is 39.8 Å². The highest BCUT2D eigenvalue weighted by Crippen LogP contribution is 2.23. The van der Waals surface area contributed by atoms with Crippen LogP contribution in [0.5, 0.6) is 0 Å². The van der Waals surface area contributed by atoms with Crippen molar-refractivity contribution in [1.29, 1.82) is 0 Å². The molecule has 0 radical (unpaired) electrons. The highest BCUT2D eigenvalue weighted by Gasteiger charge is 2.43. The maximum atomic E-state index is 12.5. The summed E-state index contributed by atoms with van der Waals surface area (Å²) >= 11 is 3.16. The van der Waals surface area contributed by atoms with E-state index < -0.39 is 11.6 Å². The first-order valence-corrected chi connectivity index (χ1v) is 10.9. The summed E-state index contributed by atoms with van der Waals surface area (Å²) < 4.78 is 0. The van der Waals surface area contributed by atoms with E-state index in [0.717, 1.165) is 16.3 Å². The SMILES string of the molecule is Cc1csc(C(Cc2ccsc2)NC(=O)CCCN2C(=O)NC(C)(C)C2=O)n1. The Labute approximate surface area is 172 Å². The summed E-state index contributed by atoms with van der Waals surface area (Å²) in [5.41, 5.74) is 1.21. The van der Waals surface area contributed by atoms with Crippen molar-refractivity contribution < 1.29 is 14.4 Å². The lowest BCUT2D eigenvalue weighted by Gasteiger charge is -2.18. The molecule has 3 rings (SSSR count). The molecule has 9 heteroatoms. The van der Waals surface area contributed by atoms with Gasteiger partial charge in [-0.1, -0.05) is 0 Å². The topological polar surface area (TPSA) is 91.4 Å². The van der Waals surface area contributed by atoms with Gasteiger partial charge in [0, 0.05) is 30.5 Å². The molecule has 28 heavy (non-hydrogen) atoms. The van der Waals surface area contributed by atoms with Crippen LogP contribution in [-0.2, 0) is 16.0 Å². The minimum Gasteiger partial charge on any atom is -0.347 e. The molecule has 0 spiro atoms. The van der Waals surface area contributed by atoms with Crippen LogP contribution in [0.3, 0.4) is 0 Å². The lowest BCUT2D eigenvalue weighted by molar-refractivity contribution is -0.130. The molecular formula is C19H24N4O3S2. The Bertz CT molecular complexity index is 860. The van der Waals surface area contributed by atoms with Gasteiger partial charge >= 0.3 is 6.03 Å². The van der Waals surface area contributed by atoms with E-state index in [4.69, 9.17) is 0 Å². The zero-order chi connectivity index (χ0) is 20.3. The second-order valence-electron chi connectivity index (χ2n) is 7.40. The maximum Gasteiger partial charge on any atom is 0.325 e. The fraction of sp³-hybridized carbons (Fsp3) is 0.474. The fourth-order valence-corrected chi connectivity index (χ4v) is 4.59. The van der Waals surface area contributed by atoms with Gasteiger partial charge in [0.15, 0.2) is 0 Å². The van der Waals surface area contributed by atoms with Crippen molar-refractivity contribution in [3.63, 3.8) is 0 Å². The van der Waals surface area contributed by atoms with E-state index in [1.165, 1.54) is 16.2 Å². The van der Waals surface area contributed by atoms with E-state index in [-0.39, 0.29) is 30.8 Å². The number of rotatable bonds is 8. The Morgan fingerprint density at radius 2 is 2.14 bits per heavy atom.